The van der Waals surface area contributed by atoms with E-state index in [1.54, 1.807) is 0 Å². The van der Waals surface area contributed by atoms with Gasteiger partial charge in [-0.2, -0.15) is 0 Å². The molecule has 0 amide bonds. The molecule has 0 spiro atoms. The van der Waals surface area contributed by atoms with Crippen LogP contribution in [0.1, 0.15) is 25.0 Å². The monoisotopic (exact) mass is 1030 g/mol. The van der Waals surface area contributed by atoms with Gasteiger partial charge in [-0.1, -0.05) is 178 Å². The molecule has 13 aromatic rings. The molecule has 1 heterocycles. The SMILES string of the molecule is CC1(C)c2cc(N(c3ccccc3)c3ccccc3)c(N(c3ccccc3)c3ccccc3)cc2-c2c(N(c3ccccc3)c3ccccc3)cc(N(c3ccccc3)c3ccc4c(c3)c3ccccc3n4-c3ccccc3)cc21. The van der Waals surface area contributed by atoms with Gasteiger partial charge in [-0.25, -0.2) is 0 Å². The van der Waals surface area contributed by atoms with Crippen LogP contribution in [0.4, 0.5) is 68.2 Å². The highest BCUT2D eigenvalue weighted by atomic mass is 15.2. The van der Waals surface area contributed by atoms with E-state index >= 15 is 0 Å². The molecule has 0 radical (unpaired) electrons. The van der Waals surface area contributed by atoms with Crippen molar-refractivity contribution in [1.82, 2.24) is 4.57 Å². The molecule has 382 valence electrons. The molecule has 0 unspecified atom stereocenters. The molecule has 5 nitrogen and oxygen atoms in total. The van der Waals surface area contributed by atoms with Crippen molar-refractivity contribution in [3.63, 3.8) is 0 Å². The number of para-hydroxylation sites is 9. The Labute approximate surface area is 468 Å². The van der Waals surface area contributed by atoms with E-state index in [0.29, 0.717) is 0 Å². The lowest BCUT2D eigenvalue weighted by atomic mass is 9.81. The average Bonchev–Trinajstić information content (AvgIpc) is 4.13. The van der Waals surface area contributed by atoms with Crippen molar-refractivity contribution in [2.45, 2.75) is 19.3 Å². The summed E-state index contributed by atoms with van der Waals surface area (Å²) in [7, 11) is 0. The second-order valence-corrected chi connectivity index (χ2v) is 21.0. The number of hydrogen-bond donors (Lipinski definition) is 0. The number of rotatable bonds is 13. The molecule has 1 aliphatic rings. The van der Waals surface area contributed by atoms with Gasteiger partial charge in [-0.05, 0) is 162 Å². The summed E-state index contributed by atoms with van der Waals surface area (Å²) in [5.74, 6) is 0. The first kappa shape index (κ1) is 48.0. The van der Waals surface area contributed by atoms with Gasteiger partial charge in [0.25, 0.3) is 0 Å². The second kappa shape index (κ2) is 20.2. The molecule has 1 aromatic heterocycles. The Bertz CT molecular complexity index is 4180. The third-order valence-corrected chi connectivity index (χ3v) is 15.8. The summed E-state index contributed by atoms with van der Waals surface area (Å²) in [6, 6.07) is 112. The van der Waals surface area contributed by atoms with Gasteiger partial charge in [0.2, 0.25) is 0 Å². The summed E-state index contributed by atoms with van der Waals surface area (Å²) in [6.07, 6.45) is 0. The number of anilines is 12. The molecule has 0 bridgehead atoms. The van der Waals surface area contributed by atoms with Crippen LogP contribution < -0.4 is 19.6 Å². The predicted molar refractivity (Wildman–Crippen MR) is 337 cm³/mol. The molecule has 12 aromatic carbocycles. The fraction of sp³-hybridized carbons (Fsp3) is 0.0400. The number of hydrogen-bond acceptors (Lipinski definition) is 4. The molecule has 80 heavy (non-hydrogen) atoms. The first-order valence-electron chi connectivity index (χ1n) is 27.5. The van der Waals surface area contributed by atoms with E-state index in [0.717, 1.165) is 79.5 Å². The van der Waals surface area contributed by atoms with Crippen LogP contribution in [-0.4, -0.2) is 4.57 Å². The zero-order valence-electron chi connectivity index (χ0n) is 44.7. The Hall–Kier alpha value is -10.4. The molecule has 0 atom stereocenters. The van der Waals surface area contributed by atoms with Gasteiger partial charge >= 0.3 is 0 Å². The predicted octanol–water partition coefficient (Wildman–Crippen LogP) is 21.0. The van der Waals surface area contributed by atoms with E-state index in [9.17, 15) is 0 Å². The van der Waals surface area contributed by atoms with E-state index in [4.69, 9.17) is 0 Å². The van der Waals surface area contributed by atoms with Crippen LogP contribution in [0.5, 0.6) is 0 Å². The topological polar surface area (TPSA) is 17.9 Å². The Morgan fingerprint density at radius 2 is 0.637 bits per heavy atom. The minimum Gasteiger partial charge on any atom is -0.310 e. The molecule has 0 N–H and O–H groups in total. The number of aromatic nitrogens is 1. The fourth-order valence-corrected chi connectivity index (χ4v) is 12.2. The van der Waals surface area contributed by atoms with Crippen LogP contribution in [0.15, 0.2) is 309 Å². The molecule has 5 heteroatoms. The standard InChI is InChI=1S/C75H57N5/c1-75(2)67-53-72(78(57-35-17-6-18-36-57)58-37-19-7-20-38-58)71(77(55-31-13-4-14-32-55)56-33-15-5-16-34-56)52-66(67)74-68(75)50-63(51-73(74)79(59-39-21-8-22-40-59)60-41-23-9-24-42-60)76(54-29-11-3-12-30-54)62-47-48-70-65(49-62)64-45-27-28-46-69(64)80(70)61-43-25-10-26-44-61/h3-53H,1-2H3. The Morgan fingerprint density at radius 1 is 0.263 bits per heavy atom. The van der Waals surface area contributed by atoms with Crippen LogP contribution in [0.25, 0.3) is 38.6 Å². The largest absolute Gasteiger partial charge is 0.310 e. The molecular formula is C75H57N5. The van der Waals surface area contributed by atoms with Crippen molar-refractivity contribution in [2.75, 3.05) is 19.6 Å². The van der Waals surface area contributed by atoms with Gasteiger partial charge in [0.15, 0.2) is 0 Å². The molecule has 14 rings (SSSR count). The van der Waals surface area contributed by atoms with Crippen molar-refractivity contribution in [3.8, 4) is 16.8 Å². The molecule has 0 fully saturated rings. The Kier molecular flexibility index (Phi) is 12.1. The van der Waals surface area contributed by atoms with Gasteiger partial charge in [0.1, 0.15) is 0 Å². The van der Waals surface area contributed by atoms with E-state index in [1.807, 2.05) is 0 Å². The van der Waals surface area contributed by atoms with Crippen LogP contribution in [0.2, 0.25) is 0 Å². The van der Waals surface area contributed by atoms with Gasteiger partial charge < -0.3 is 24.2 Å². The highest BCUT2D eigenvalue weighted by Crippen LogP contribution is 2.60. The highest BCUT2D eigenvalue weighted by Gasteiger charge is 2.41. The van der Waals surface area contributed by atoms with Crippen molar-refractivity contribution in [2.24, 2.45) is 0 Å². The lowest BCUT2D eigenvalue weighted by Crippen LogP contribution is -2.20. The van der Waals surface area contributed by atoms with E-state index in [2.05, 4.69) is 347 Å². The summed E-state index contributed by atoms with van der Waals surface area (Å²) >= 11 is 0. The summed E-state index contributed by atoms with van der Waals surface area (Å²) in [5.41, 5.74) is 20.6. The smallest absolute Gasteiger partial charge is 0.0708 e. The normalized spacial score (nSPS) is 12.2. The third kappa shape index (κ3) is 8.35. The van der Waals surface area contributed by atoms with E-state index in [-0.39, 0.29) is 0 Å². The van der Waals surface area contributed by atoms with Crippen molar-refractivity contribution in [3.05, 3.63) is 321 Å². The maximum absolute atomic E-state index is 2.49. The lowest BCUT2D eigenvalue weighted by Gasteiger charge is -2.34. The zero-order chi connectivity index (χ0) is 53.6. The van der Waals surface area contributed by atoms with Crippen molar-refractivity contribution < 1.29 is 0 Å². The summed E-state index contributed by atoms with van der Waals surface area (Å²) in [5, 5.41) is 2.40. The molecule has 1 aliphatic carbocycles. The van der Waals surface area contributed by atoms with Crippen molar-refractivity contribution in [1.29, 1.82) is 0 Å². The maximum Gasteiger partial charge on any atom is 0.0708 e. The Balaban J connectivity index is 1.08. The van der Waals surface area contributed by atoms with E-state index in [1.165, 1.54) is 38.5 Å². The Morgan fingerprint density at radius 3 is 1.10 bits per heavy atom. The number of fused-ring (bicyclic) bond motifs is 6. The summed E-state index contributed by atoms with van der Waals surface area (Å²) in [6.45, 7) is 4.84. The van der Waals surface area contributed by atoms with Crippen molar-refractivity contribution >= 4 is 90.1 Å². The van der Waals surface area contributed by atoms with E-state index < -0.39 is 5.41 Å². The van der Waals surface area contributed by atoms with Gasteiger partial charge in [0.05, 0.1) is 28.1 Å². The van der Waals surface area contributed by atoms with Crippen LogP contribution in [0, 0.1) is 0 Å². The second-order valence-electron chi connectivity index (χ2n) is 21.0. The fourth-order valence-electron chi connectivity index (χ4n) is 12.2. The molecule has 0 aliphatic heterocycles. The van der Waals surface area contributed by atoms with Crippen LogP contribution in [0.3, 0.4) is 0 Å². The van der Waals surface area contributed by atoms with Gasteiger partial charge in [-0.15, -0.1) is 0 Å². The molecule has 0 saturated heterocycles. The quantitative estimate of drug-likeness (QED) is 0.114. The highest BCUT2D eigenvalue weighted by molar-refractivity contribution is 6.11. The minimum absolute atomic E-state index is 0.499. The van der Waals surface area contributed by atoms with Gasteiger partial charge in [0, 0.05) is 78.6 Å². The van der Waals surface area contributed by atoms with Gasteiger partial charge in [-0.3, -0.25) is 0 Å². The molecule has 0 saturated carbocycles. The number of benzene rings is 12. The lowest BCUT2D eigenvalue weighted by molar-refractivity contribution is 0.660. The first-order chi connectivity index (χ1) is 39.5. The first-order valence-corrected chi connectivity index (χ1v) is 27.5. The van der Waals surface area contributed by atoms with Crippen LogP contribution in [-0.2, 0) is 5.41 Å². The maximum atomic E-state index is 2.49. The minimum atomic E-state index is -0.499. The summed E-state index contributed by atoms with van der Waals surface area (Å²) in [4.78, 5) is 9.79. The summed E-state index contributed by atoms with van der Waals surface area (Å²) < 4.78 is 2.39. The third-order valence-electron chi connectivity index (χ3n) is 15.8. The average molecular weight is 1030 g/mol. The van der Waals surface area contributed by atoms with Crippen LogP contribution >= 0.6 is 0 Å². The molecular weight excluding hydrogens is 971 g/mol. The zero-order valence-corrected chi connectivity index (χ0v) is 44.7. The number of nitrogens with zero attached hydrogens (tertiary/aromatic N) is 5.